The molecule has 15 rings (SSSR count). The normalized spacial score (nSPS) is 22.6. The zero-order chi connectivity index (χ0) is 38.4. The minimum absolute atomic E-state index is 0.0446. The van der Waals surface area contributed by atoms with Crippen LogP contribution in [0, 0.1) is 23.7 Å². The van der Waals surface area contributed by atoms with Crippen molar-refractivity contribution in [3.63, 3.8) is 0 Å². The van der Waals surface area contributed by atoms with Gasteiger partial charge in [-0.25, -0.2) is 0 Å². The van der Waals surface area contributed by atoms with Gasteiger partial charge in [0, 0.05) is 44.0 Å². The van der Waals surface area contributed by atoms with E-state index in [-0.39, 0.29) is 5.41 Å². The Labute approximate surface area is 343 Å². The number of anilines is 3. The molecule has 4 aliphatic carbocycles. The summed E-state index contributed by atoms with van der Waals surface area (Å²) in [6, 6.07) is 66.5. The minimum atomic E-state index is 0.0446. The number of rotatable bonds is 4. The molecule has 0 N–H and O–H groups in total. The van der Waals surface area contributed by atoms with E-state index in [1.165, 1.54) is 104 Å². The molecular formula is C56H43N3. The molecule has 282 valence electrons. The molecule has 3 heteroatoms. The second-order valence-corrected chi connectivity index (χ2v) is 18.2. The van der Waals surface area contributed by atoms with E-state index in [1.54, 1.807) is 11.1 Å². The van der Waals surface area contributed by atoms with E-state index in [0.717, 1.165) is 23.2 Å². The summed E-state index contributed by atoms with van der Waals surface area (Å²) < 4.78 is 5.07. The molecule has 8 aromatic carbocycles. The number of para-hydroxylation sites is 4. The van der Waals surface area contributed by atoms with Gasteiger partial charge in [0.2, 0.25) is 0 Å². The van der Waals surface area contributed by atoms with E-state index < -0.39 is 0 Å². The summed E-state index contributed by atoms with van der Waals surface area (Å²) in [5.41, 5.74) is 14.5. The van der Waals surface area contributed by atoms with Crippen LogP contribution in [0.4, 0.5) is 17.1 Å². The Balaban J connectivity index is 1.04. The zero-order valence-corrected chi connectivity index (χ0v) is 32.9. The van der Waals surface area contributed by atoms with E-state index in [0.29, 0.717) is 11.8 Å². The molecule has 5 aliphatic rings. The van der Waals surface area contributed by atoms with Crippen LogP contribution in [0.2, 0.25) is 0 Å². The van der Waals surface area contributed by atoms with Gasteiger partial charge in [-0.15, -0.1) is 0 Å². The number of hydrogen-bond donors (Lipinski definition) is 0. The average Bonchev–Trinajstić information content (AvgIpc) is 3.81. The van der Waals surface area contributed by atoms with Crippen LogP contribution in [0.5, 0.6) is 0 Å². The maximum atomic E-state index is 2.65. The first kappa shape index (κ1) is 32.4. The van der Waals surface area contributed by atoms with Gasteiger partial charge in [0.1, 0.15) is 0 Å². The largest absolute Gasteiger partial charge is 0.310 e. The summed E-state index contributed by atoms with van der Waals surface area (Å²) in [5, 5.41) is 7.75. The lowest BCUT2D eigenvalue weighted by Crippen LogP contribution is -2.57. The summed E-state index contributed by atoms with van der Waals surface area (Å²) in [4.78, 5) is 2.54. The van der Waals surface area contributed by atoms with Crippen molar-refractivity contribution in [2.24, 2.45) is 23.7 Å². The Kier molecular flexibility index (Phi) is 6.46. The second-order valence-electron chi connectivity index (χ2n) is 18.2. The topological polar surface area (TPSA) is 13.1 Å². The van der Waals surface area contributed by atoms with Crippen LogP contribution in [0.3, 0.4) is 0 Å². The average molecular weight is 758 g/mol. The summed E-state index contributed by atoms with van der Waals surface area (Å²) in [5.74, 6) is 3.16. The lowest BCUT2D eigenvalue weighted by Gasteiger charge is -2.63. The third kappa shape index (κ3) is 4.22. The van der Waals surface area contributed by atoms with Gasteiger partial charge in [-0.1, -0.05) is 109 Å². The van der Waals surface area contributed by atoms with Crippen molar-refractivity contribution in [3.05, 3.63) is 187 Å². The molecule has 0 saturated heterocycles. The maximum Gasteiger partial charge on any atom is 0.0603 e. The van der Waals surface area contributed by atoms with E-state index in [2.05, 4.69) is 190 Å². The number of nitrogens with zero attached hydrogens (tertiary/aromatic N) is 3. The molecule has 10 aromatic rings. The Morgan fingerprint density at radius 1 is 0.441 bits per heavy atom. The summed E-state index contributed by atoms with van der Waals surface area (Å²) >= 11 is 0. The summed E-state index contributed by atoms with van der Waals surface area (Å²) in [7, 11) is 0. The van der Waals surface area contributed by atoms with E-state index in [4.69, 9.17) is 0 Å². The van der Waals surface area contributed by atoms with E-state index >= 15 is 0 Å². The molecule has 59 heavy (non-hydrogen) atoms. The number of hydrogen-bond acceptors (Lipinski definition) is 1. The number of benzene rings is 8. The molecule has 0 unspecified atom stereocenters. The third-order valence-corrected chi connectivity index (χ3v) is 15.4. The SMILES string of the molecule is c1ccc2c(c1)-n1c3ccccc3c3c(N(c4ccc(-n5c6ccccc6c6ccccc65)cc4)c4ccc5ccccc5c4)ccc(c31)C21C2CC3CC(C2)CC1C3. The highest BCUT2D eigenvalue weighted by Gasteiger charge is 2.61. The highest BCUT2D eigenvalue weighted by Crippen LogP contribution is 2.68. The molecular weight excluding hydrogens is 715 g/mol. The third-order valence-electron chi connectivity index (χ3n) is 15.4. The Morgan fingerprint density at radius 2 is 1.02 bits per heavy atom. The quantitative estimate of drug-likeness (QED) is 0.174. The minimum Gasteiger partial charge on any atom is -0.310 e. The fourth-order valence-electron chi connectivity index (χ4n) is 13.5. The fraction of sp³-hybridized carbons (Fsp3) is 0.179. The zero-order valence-electron chi connectivity index (χ0n) is 32.9. The predicted molar refractivity (Wildman–Crippen MR) is 245 cm³/mol. The van der Waals surface area contributed by atoms with Crippen LogP contribution in [-0.4, -0.2) is 9.13 Å². The van der Waals surface area contributed by atoms with Crippen LogP contribution in [0.1, 0.15) is 43.2 Å². The number of fused-ring (bicyclic) bond motifs is 9. The molecule has 4 saturated carbocycles. The first-order valence-electron chi connectivity index (χ1n) is 21.8. The van der Waals surface area contributed by atoms with Gasteiger partial charge < -0.3 is 14.0 Å². The standard InChI is InChI=1S/C56H43N3/c1-2-12-38-34-43(22-21-37(38)11-1)57(41-23-25-42(26-24-41)58-49-17-7-3-13-44(49)45-14-4-8-18-50(45)58)53-28-27-48-55-54(53)46-15-5-9-19-51(46)59(55)52-20-10-6-16-47(52)56(48)39-30-35-29-36(32-39)33-40(56)31-35/h1-28,34-36,39-40H,29-33H2. The van der Waals surface area contributed by atoms with Gasteiger partial charge >= 0.3 is 0 Å². The van der Waals surface area contributed by atoms with Crippen molar-refractivity contribution >= 4 is 71.4 Å². The molecule has 1 spiro atoms. The van der Waals surface area contributed by atoms with Crippen LogP contribution < -0.4 is 4.90 Å². The van der Waals surface area contributed by atoms with Gasteiger partial charge in [-0.2, -0.15) is 0 Å². The Bertz CT molecular complexity index is 3280. The molecule has 4 bridgehead atoms. The van der Waals surface area contributed by atoms with Crippen LogP contribution in [0.15, 0.2) is 176 Å². The summed E-state index contributed by atoms with van der Waals surface area (Å²) in [6.45, 7) is 0. The van der Waals surface area contributed by atoms with Crippen molar-refractivity contribution < 1.29 is 0 Å². The van der Waals surface area contributed by atoms with Crippen LogP contribution in [-0.2, 0) is 5.41 Å². The molecule has 0 atom stereocenters. The Hall–Kier alpha value is -6.58. The molecule has 2 aromatic heterocycles. The maximum absolute atomic E-state index is 2.65. The van der Waals surface area contributed by atoms with Gasteiger partial charge in [-0.05, 0) is 144 Å². The first-order valence-corrected chi connectivity index (χ1v) is 21.8. The van der Waals surface area contributed by atoms with Gasteiger partial charge in [-0.3, -0.25) is 0 Å². The van der Waals surface area contributed by atoms with E-state index in [9.17, 15) is 0 Å². The first-order chi connectivity index (χ1) is 29.2. The Morgan fingerprint density at radius 3 is 1.73 bits per heavy atom. The number of aromatic nitrogens is 2. The predicted octanol–water partition coefficient (Wildman–Crippen LogP) is 14.6. The van der Waals surface area contributed by atoms with Crippen molar-refractivity contribution in [1.82, 2.24) is 9.13 Å². The van der Waals surface area contributed by atoms with Crippen molar-refractivity contribution in [3.8, 4) is 11.4 Å². The molecule has 3 heterocycles. The monoisotopic (exact) mass is 757 g/mol. The lowest BCUT2D eigenvalue weighted by molar-refractivity contribution is -0.0418. The van der Waals surface area contributed by atoms with Crippen LogP contribution in [0.25, 0.3) is 65.8 Å². The molecule has 0 radical (unpaired) electrons. The van der Waals surface area contributed by atoms with Gasteiger partial charge in [0.15, 0.2) is 0 Å². The second kappa shape index (κ2) is 11.8. The van der Waals surface area contributed by atoms with E-state index in [1.807, 2.05) is 0 Å². The molecule has 4 fully saturated rings. The highest BCUT2D eigenvalue weighted by molar-refractivity contribution is 6.18. The van der Waals surface area contributed by atoms with Gasteiger partial charge in [0.25, 0.3) is 0 Å². The fourth-order valence-corrected chi connectivity index (χ4v) is 13.5. The molecule has 0 amide bonds. The lowest BCUT2D eigenvalue weighted by atomic mass is 9.41. The van der Waals surface area contributed by atoms with Crippen LogP contribution >= 0.6 is 0 Å². The van der Waals surface area contributed by atoms with Crippen molar-refractivity contribution in [2.75, 3.05) is 4.90 Å². The summed E-state index contributed by atoms with van der Waals surface area (Å²) in [6.07, 6.45) is 6.92. The van der Waals surface area contributed by atoms with Crippen molar-refractivity contribution in [1.29, 1.82) is 0 Å². The van der Waals surface area contributed by atoms with Gasteiger partial charge in [0.05, 0.1) is 33.4 Å². The molecule has 1 aliphatic heterocycles. The highest BCUT2D eigenvalue weighted by atomic mass is 15.2. The van der Waals surface area contributed by atoms with Crippen molar-refractivity contribution in [2.45, 2.75) is 37.5 Å². The smallest absolute Gasteiger partial charge is 0.0603 e. The molecule has 3 nitrogen and oxygen atoms in total.